The monoisotopic (exact) mass is 513 g/mol. The highest BCUT2D eigenvalue weighted by Gasteiger charge is 2.24. The fourth-order valence-corrected chi connectivity index (χ4v) is 4.06. The van der Waals surface area contributed by atoms with Crippen molar-refractivity contribution >= 4 is 22.8 Å². The van der Waals surface area contributed by atoms with Crippen LogP contribution in [0.2, 0.25) is 0 Å². The van der Waals surface area contributed by atoms with E-state index in [9.17, 15) is 9.18 Å². The van der Waals surface area contributed by atoms with Crippen LogP contribution in [0.5, 0.6) is 0 Å². The summed E-state index contributed by atoms with van der Waals surface area (Å²) in [5.74, 6) is 1.16. The van der Waals surface area contributed by atoms with Crippen molar-refractivity contribution < 1.29 is 17.9 Å². The zero-order chi connectivity index (χ0) is 26.1. The molecule has 36 heavy (non-hydrogen) atoms. The summed E-state index contributed by atoms with van der Waals surface area (Å²) < 4.78 is 31.3. The molecular weight excluding hydrogens is 483 g/mol. The van der Waals surface area contributed by atoms with E-state index in [1.807, 2.05) is 6.07 Å². The Morgan fingerprint density at radius 3 is 2.44 bits per heavy atom. The van der Waals surface area contributed by atoms with Gasteiger partial charge in [0.05, 0.1) is 11.4 Å². The number of rotatable bonds is 7. The number of piperidine rings is 1. The summed E-state index contributed by atoms with van der Waals surface area (Å²) in [5.41, 5.74) is 8.23. The first-order valence-electron chi connectivity index (χ1n) is 11.6. The minimum Gasteiger partial charge on any atom is -0.773 e. The predicted molar refractivity (Wildman–Crippen MR) is 134 cm³/mol. The average Bonchev–Trinajstić information content (AvgIpc) is 2.84. The Hall–Kier alpha value is -3.31. The maximum atomic E-state index is 13.3. The minimum absolute atomic E-state index is 0.0786. The molecule has 1 amide bonds. The van der Waals surface area contributed by atoms with Gasteiger partial charge in [0.15, 0.2) is 0 Å². The third-order valence-corrected chi connectivity index (χ3v) is 5.94. The maximum absolute atomic E-state index is 13.3. The van der Waals surface area contributed by atoms with Crippen LogP contribution < -0.4 is 10.6 Å². The van der Waals surface area contributed by atoms with Gasteiger partial charge in [-0.15, -0.1) is 0 Å². The first-order chi connectivity index (χ1) is 17.2. The first kappa shape index (κ1) is 27.3. The van der Waals surface area contributed by atoms with Crippen LogP contribution in [0.3, 0.4) is 0 Å². The smallest absolute Gasteiger partial charge is 0.220 e. The second kappa shape index (κ2) is 13.1. The Balaban J connectivity index is 0.000000840. The standard InChI is InChI=1S/C24H27FN6O.CH4O2S/c1-16(17-2-4-19(25)5-3-17)12-22-29-20(13-21-15-27-8-9-28-21)14-23(30-22)31-10-6-18(7-11-31)24(26)32;1-4(2)3/h2-5,8-9,14-16,18H,6-7,10-13H2,1H3,(H2,26,32);1H3,(H,2,3)/p-1/t16-;/m1./s1. The van der Waals surface area contributed by atoms with Crippen molar-refractivity contribution in [2.24, 2.45) is 11.7 Å². The molecule has 0 aliphatic carbocycles. The van der Waals surface area contributed by atoms with Gasteiger partial charge in [0.1, 0.15) is 17.5 Å². The molecule has 2 aromatic heterocycles. The van der Waals surface area contributed by atoms with E-state index in [1.54, 1.807) is 30.7 Å². The van der Waals surface area contributed by atoms with Crippen molar-refractivity contribution in [3.05, 3.63) is 77.5 Å². The van der Waals surface area contributed by atoms with Gasteiger partial charge < -0.3 is 15.2 Å². The van der Waals surface area contributed by atoms with Crippen LogP contribution in [0.25, 0.3) is 0 Å². The third-order valence-electron chi connectivity index (χ3n) is 5.94. The largest absolute Gasteiger partial charge is 0.773 e. The van der Waals surface area contributed by atoms with Gasteiger partial charge in [0.2, 0.25) is 5.91 Å². The summed E-state index contributed by atoms with van der Waals surface area (Å²) >= 11 is -1.86. The van der Waals surface area contributed by atoms with E-state index in [0.717, 1.165) is 60.8 Å². The summed E-state index contributed by atoms with van der Waals surface area (Å²) in [6, 6.07) is 8.56. The van der Waals surface area contributed by atoms with Crippen molar-refractivity contribution in [2.75, 3.05) is 24.2 Å². The van der Waals surface area contributed by atoms with Gasteiger partial charge in [-0.1, -0.05) is 30.1 Å². The Labute approximate surface area is 212 Å². The van der Waals surface area contributed by atoms with Crippen molar-refractivity contribution in [1.82, 2.24) is 19.9 Å². The second-order valence-electron chi connectivity index (χ2n) is 8.73. The second-order valence-corrected chi connectivity index (χ2v) is 9.53. The number of anilines is 1. The number of primary amides is 1. The minimum atomic E-state index is -1.86. The van der Waals surface area contributed by atoms with Gasteiger partial charge in [0, 0.05) is 56.5 Å². The molecule has 3 aromatic rings. The van der Waals surface area contributed by atoms with Gasteiger partial charge >= 0.3 is 0 Å². The molecule has 9 nitrogen and oxygen atoms in total. The molecule has 1 aromatic carbocycles. The highest BCUT2D eigenvalue weighted by molar-refractivity contribution is 7.78. The van der Waals surface area contributed by atoms with Crippen molar-refractivity contribution in [1.29, 1.82) is 0 Å². The molecule has 2 N–H and O–H groups in total. The predicted octanol–water partition coefficient (Wildman–Crippen LogP) is 2.54. The molecule has 1 unspecified atom stereocenters. The maximum Gasteiger partial charge on any atom is 0.220 e. The Morgan fingerprint density at radius 1 is 1.19 bits per heavy atom. The summed E-state index contributed by atoms with van der Waals surface area (Å²) in [5, 5.41) is 0. The number of benzene rings is 1. The Morgan fingerprint density at radius 2 is 1.86 bits per heavy atom. The van der Waals surface area contributed by atoms with Gasteiger partial charge in [-0.05, 0) is 42.7 Å². The van der Waals surface area contributed by atoms with Crippen LogP contribution in [0.1, 0.15) is 48.5 Å². The van der Waals surface area contributed by atoms with E-state index in [1.165, 1.54) is 12.1 Å². The Kier molecular flexibility index (Phi) is 9.95. The van der Waals surface area contributed by atoms with Crippen LogP contribution in [0.4, 0.5) is 10.2 Å². The summed E-state index contributed by atoms with van der Waals surface area (Å²) in [6.45, 7) is 3.54. The fraction of sp³-hybridized carbons (Fsp3) is 0.400. The van der Waals surface area contributed by atoms with Gasteiger partial charge in [0.25, 0.3) is 0 Å². The molecule has 2 atom stereocenters. The molecular formula is C25H30FN6O3S-. The van der Waals surface area contributed by atoms with E-state index in [2.05, 4.69) is 21.8 Å². The SMILES string of the molecule is CS(=O)[O-].C[C@H](Cc1nc(Cc2cnccn2)cc(N2CCC(C(N)=O)CC2)n1)c1ccc(F)cc1. The lowest BCUT2D eigenvalue weighted by Crippen LogP contribution is -2.39. The van der Waals surface area contributed by atoms with Crippen LogP contribution in [-0.2, 0) is 28.7 Å². The fourth-order valence-electron chi connectivity index (χ4n) is 4.06. The molecule has 0 saturated carbocycles. The van der Waals surface area contributed by atoms with E-state index in [4.69, 9.17) is 24.5 Å². The number of nitrogens with two attached hydrogens (primary N) is 1. The van der Waals surface area contributed by atoms with Gasteiger partial charge in [-0.3, -0.25) is 19.0 Å². The first-order valence-corrected chi connectivity index (χ1v) is 13.1. The number of carbonyl (C=O) groups is 1. The van der Waals surface area contributed by atoms with Crippen molar-refractivity contribution in [3.63, 3.8) is 0 Å². The van der Waals surface area contributed by atoms with E-state index < -0.39 is 11.1 Å². The van der Waals surface area contributed by atoms with E-state index in [-0.39, 0.29) is 23.6 Å². The molecule has 1 fully saturated rings. The van der Waals surface area contributed by atoms with Crippen LogP contribution in [-0.4, -0.2) is 54.0 Å². The van der Waals surface area contributed by atoms with E-state index in [0.29, 0.717) is 12.8 Å². The number of hydrogen-bond acceptors (Lipinski definition) is 8. The molecule has 0 radical (unpaired) electrons. The van der Waals surface area contributed by atoms with Gasteiger partial charge in [-0.25, -0.2) is 14.4 Å². The normalized spacial score (nSPS) is 15.5. The lowest BCUT2D eigenvalue weighted by molar-refractivity contribution is -0.122. The zero-order valence-electron chi connectivity index (χ0n) is 20.3. The summed E-state index contributed by atoms with van der Waals surface area (Å²) in [6.07, 6.45) is 8.77. The zero-order valence-corrected chi connectivity index (χ0v) is 21.2. The summed E-state index contributed by atoms with van der Waals surface area (Å²) in [7, 11) is 0. The Bertz CT molecular complexity index is 1150. The number of amides is 1. The number of aromatic nitrogens is 4. The average molecular weight is 514 g/mol. The van der Waals surface area contributed by atoms with Crippen LogP contribution >= 0.6 is 0 Å². The van der Waals surface area contributed by atoms with Gasteiger partial charge in [-0.2, -0.15) is 0 Å². The topological polar surface area (TPSA) is 138 Å². The van der Waals surface area contributed by atoms with Crippen LogP contribution in [0, 0.1) is 11.7 Å². The highest BCUT2D eigenvalue weighted by atomic mass is 32.2. The van der Waals surface area contributed by atoms with E-state index >= 15 is 0 Å². The van der Waals surface area contributed by atoms with Crippen molar-refractivity contribution in [2.45, 2.75) is 38.5 Å². The number of hydrogen-bond donors (Lipinski definition) is 1. The number of carbonyl (C=O) groups excluding carboxylic acids is 1. The number of halogens is 1. The molecule has 1 saturated heterocycles. The summed E-state index contributed by atoms with van der Waals surface area (Å²) in [4.78, 5) is 31.9. The molecule has 1 aliphatic rings. The van der Waals surface area contributed by atoms with Crippen molar-refractivity contribution in [3.8, 4) is 0 Å². The van der Waals surface area contributed by atoms with Crippen LogP contribution in [0.15, 0.2) is 48.9 Å². The lowest BCUT2D eigenvalue weighted by Gasteiger charge is -2.31. The molecule has 4 rings (SSSR count). The highest BCUT2D eigenvalue weighted by Crippen LogP contribution is 2.25. The molecule has 3 heterocycles. The molecule has 192 valence electrons. The number of nitrogens with zero attached hydrogens (tertiary/aromatic N) is 5. The lowest BCUT2D eigenvalue weighted by atomic mass is 9.96. The third kappa shape index (κ3) is 8.42. The molecule has 0 bridgehead atoms. The molecule has 0 spiro atoms. The quantitative estimate of drug-likeness (QED) is 0.476. The molecule has 1 aliphatic heterocycles. The molecule has 11 heteroatoms.